The molecular weight excluding hydrogens is 232 g/mol. The summed E-state index contributed by atoms with van der Waals surface area (Å²) >= 11 is 3.38. The van der Waals surface area contributed by atoms with Crippen LogP contribution in [0.25, 0.3) is 5.82 Å². The first-order valence-electron chi connectivity index (χ1n) is 3.75. The smallest absolute Gasteiger partial charge is 0.155 e. The Morgan fingerprint density at radius 2 is 2.23 bits per heavy atom. The lowest BCUT2D eigenvalue weighted by atomic mass is 10.5. The Morgan fingerprint density at radius 1 is 1.38 bits per heavy atom. The Hall–Kier alpha value is -1.23. The molecule has 0 amide bonds. The van der Waals surface area contributed by atoms with E-state index in [9.17, 15) is 0 Å². The molecule has 5 heteroatoms. The van der Waals surface area contributed by atoms with Gasteiger partial charge in [-0.1, -0.05) is 0 Å². The highest BCUT2D eigenvalue weighted by molar-refractivity contribution is 9.10. The SMILES string of the molecule is Cc1nccn1-c1ncncc1Br. The molecule has 0 fully saturated rings. The molecule has 2 rings (SSSR count). The molecule has 0 saturated heterocycles. The molecule has 0 radical (unpaired) electrons. The summed E-state index contributed by atoms with van der Waals surface area (Å²) in [7, 11) is 0. The Morgan fingerprint density at radius 3 is 2.85 bits per heavy atom. The van der Waals surface area contributed by atoms with Crippen molar-refractivity contribution < 1.29 is 0 Å². The highest BCUT2D eigenvalue weighted by atomic mass is 79.9. The molecule has 13 heavy (non-hydrogen) atoms. The summed E-state index contributed by atoms with van der Waals surface area (Å²) in [4.78, 5) is 12.2. The average molecular weight is 239 g/mol. The van der Waals surface area contributed by atoms with E-state index < -0.39 is 0 Å². The van der Waals surface area contributed by atoms with Crippen LogP contribution < -0.4 is 0 Å². The van der Waals surface area contributed by atoms with E-state index in [-0.39, 0.29) is 0 Å². The van der Waals surface area contributed by atoms with Gasteiger partial charge in [0, 0.05) is 18.6 Å². The standard InChI is InChI=1S/C8H7BrN4/c1-6-11-2-3-13(6)8-7(9)4-10-5-12-8/h2-5H,1H3. The molecule has 0 unspecified atom stereocenters. The van der Waals surface area contributed by atoms with Crippen LogP contribution in [0.15, 0.2) is 29.4 Å². The van der Waals surface area contributed by atoms with E-state index in [4.69, 9.17) is 0 Å². The van der Waals surface area contributed by atoms with E-state index in [1.54, 1.807) is 12.4 Å². The summed E-state index contributed by atoms with van der Waals surface area (Å²) in [5.41, 5.74) is 0. The van der Waals surface area contributed by atoms with E-state index in [0.29, 0.717) is 0 Å². The molecule has 0 spiro atoms. The first-order valence-corrected chi connectivity index (χ1v) is 4.54. The summed E-state index contributed by atoms with van der Waals surface area (Å²) in [6.45, 7) is 1.93. The van der Waals surface area contributed by atoms with Crippen LogP contribution in [-0.2, 0) is 0 Å². The van der Waals surface area contributed by atoms with Crippen LogP contribution in [0, 0.1) is 6.92 Å². The van der Waals surface area contributed by atoms with Gasteiger partial charge in [-0.15, -0.1) is 0 Å². The molecule has 0 bridgehead atoms. The maximum Gasteiger partial charge on any atom is 0.155 e. The van der Waals surface area contributed by atoms with Crippen molar-refractivity contribution in [3.05, 3.63) is 35.2 Å². The quantitative estimate of drug-likeness (QED) is 0.761. The van der Waals surface area contributed by atoms with E-state index >= 15 is 0 Å². The van der Waals surface area contributed by atoms with Gasteiger partial charge in [-0.3, -0.25) is 4.57 Å². The lowest BCUT2D eigenvalue weighted by molar-refractivity contribution is 0.912. The van der Waals surface area contributed by atoms with Crippen molar-refractivity contribution in [1.82, 2.24) is 19.5 Å². The van der Waals surface area contributed by atoms with E-state index in [2.05, 4.69) is 30.9 Å². The number of rotatable bonds is 1. The highest BCUT2D eigenvalue weighted by Crippen LogP contribution is 2.17. The molecule has 0 saturated carbocycles. The topological polar surface area (TPSA) is 43.6 Å². The fourth-order valence-corrected chi connectivity index (χ4v) is 1.50. The molecule has 4 nitrogen and oxygen atoms in total. The molecule has 2 aromatic heterocycles. The van der Waals surface area contributed by atoms with Gasteiger partial charge in [-0.2, -0.15) is 0 Å². The predicted molar refractivity (Wildman–Crippen MR) is 51.6 cm³/mol. The minimum absolute atomic E-state index is 0.810. The number of aromatic nitrogens is 4. The fourth-order valence-electron chi connectivity index (χ4n) is 1.09. The van der Waals surface area contributed by atoms with Crippen LogP contribution in [0.3, 0.4) is 0 Å². The summed E-state index contributed by atoms with van der Waals surface area (Å²) in [6.07, 6.45) is 6.83. The zero-order valence-corrected chi connectivity index (χ0v) is 8.56. The molecule has 0 aliphatic rings. The molecule has 66 valence electrons. The Balaban J connectivity index is 2.59. The second-order valence-corrected chi connectivity index (χ2v) is 3.39. The van der Waals surface area contributed by atoms with Crippen molar-refractivity contribution in [2.75, 3.05) is 0 Å². The first kappa shape index (κ1) is 8.37. The molecule has 2 heterocycles. The van der Waals surface area contributed by atoms with Crippen molar-refractivity contribution in [2.24, 2.45) is 0 Å². The molecule has 2 aromatic rings. The molecule has 0 atom stereocenters. The highest BCUT2D eigenvalue weighted by Gasteiger charge is 2.05. The number of hydrogen-bond acceptors (Lipinski definition) is 3. The van der Waals surface area contributed by atoms with Crippen molar-refractivity contribution in [3.8, 4) is 5.82 Å². The minimum atomic E-state index is 0.810. The van der Waals surface area contributed by atoms with Gasteiger partial charge in [-0.25, -0.2) is 15.0 Å². The molecule has 0 aliphatic carbocycles. The van der Waals surface area contributed by atoms with E-state index in [1.807, 2.05) is 17.7 Å². The monoisotopic (exact) mass is 238 g/mol. The van der Waals surface area contributed by atoms with Crippen LogP contribution >= 0.6 is 15.9 Å². The fraction of sp³-hybridized carbons (Fsp3) is 0.125. The van der Waals surface area contributed by atoms with Gasteiger partial charge >= 0.3 is 0 Å². The molecule has 0 aromatic carbocycles. The first-order chi connectivity index (χ1) is 6.29. The normalized spacial score (nSPS) is 10.3. The minimum Gasteiger partial charge on any atom is -0.287 e. The molecule has 0 N–H and O–H groups in total. The van der Waals surface area contributed by atoms with Gasteiger partial charge in [0.05, 0.1) is 4.47 Å². The lowest BCUT2D eigenvalue weighted by Gasteiger charge is -2.04. The van der Waals surface area contributed by atoms with Crippen molar-refractivity contribution in [3.63, 3.8) is 0 Å². The van der Waals surface area contributed by atoms with Crippen molar-refractivity contribution in [2.45, 2.75) is 6.92 Å². The average Bonchev–Trinajstić information content (AvgIpc) is 2.52. The summed E-state index contributed by atoms with van der Waals surface area (Å²) in [5, 5.41) is 0. The zero-order valence-electron chi connectivity index (χ0n) is 6.98. The number of imidazole rings is 1. The van der Waals surface area contributed by atoms with Gasteiger partial charge in [0.1, 0.15) is 12.2 Å². The third kappa shape index (κ3) is 1.47. The van der Waals surface area contributed by atoms with Crippen molar-refractivity contribution in [1.29, 1.82) is 0 Å². The number of aryl methyl sites for hydroxylation is 1. The van der Waals surface area contributed by atoms with Crippen molar-refractivity contribution >= 4 is 15.9 Å². The van der Waals surface area contributed by atoms with Crippen LogP contribution in [0.1, 0.15) is 5.82 Å². The lowest BCUT2D eigenvalue weighted by Crippen LogP contribution is -1.99. The van der Waals surface area contributed by atoms with Crippen LogP contribution in [-0.4, -0.2) is 19.5 Å². The number of halogens is 1. The van der Waals surface area contributed by atoms with Crippen LogP contribution in [0.4, 0.5) is 0 Å². The van der Waals surface area contributed by atoms with E-state index in [1.165, 1.54) is 6.33 Å². The van der Waals surface area contributed by atoms with Gasteiger partial charge in [0.25, 0.3) is 0 Å². The summed E-state index contributed by atoms with van der Waals surface area (Å²) in [5.74, 6) is 1.71. The van der Waals surface area contributed by atoms with Crippen LogP contribution in [0.2, 0.25) is 0 Å². The van der Waals surface area contributed by atoms with Crippen LogP contribution in [0.5, 0.6) is 0 Å². The number of nitrogens with zero attached hydrogens (tertiary/aromatic N) is 4. The third-order valence-corrected chi connectivity index (χ3v) is 2.26. The molecule has 0 aliphatic heterocycles. The van der Waals surface area contributed by atoms with Gasteiger partial charge < -0.3 is 0 Å². The Labute approximate surface area is 83.8 Å². The summed E-state index contributed by atoms with van der Waals surface area (Å²) < 4.78 is 2.75. The summed E-state index contributed by atoms with van der Waals surface area (Å²) in [6, 6.07) is 0. The maximum absolute atomic E-state index is 4.15. The number of hydrogen-bond donors (Lipinski definition) is 0. The maximum atomic E-state index is 4.15. The largest absolute Gasteiger partial charge is 0.287 e. The Bertz CT molecular complexity index is 424. The third-order valence-electron chi connectivity index (χ3n) is 1.70. The Kier molecular flexibility index (Phi) is 2.10. The zero-order chi connectivity index (χ0) is 9.26. The van der Waals surface area contributed by atoms with Gasteiger partial charge in [-0.05, 0) is 22.9 Å². The second kappa shape index (κ2) is 3.26. The van der Waals surface area contributed by atoms with Gasteiger partial charge in [0.15, 0.2) is 5.82 Å². The molecular formula is C8H7BrN4. The van der Waals surface area contributed by atoms with Gasteiger partial charge in [0.2, 0.25) is 0 Å². The predicted octanol–water partition coefficient (Wildman–Crippen LogP) is 1.73. The second-order valence-electron chi connectivity index (χ2n) is 2.54. The van der Waals surface area contributed by atoms with E-state index in [0.717, 1.165) is 16.1 Å².